The van der Waals surface area contributed by atoms with Crippen molar-refractivity contribution in [2.75, 3.05) is 18.2 Å². The van der Waals surface area contributed by atoms with Crippen LogP contribution in [0.5, 0.6) is 5.75 Å². The second-order valence-corrected chi connectivity index (χ2v) is 6.94. The maximum absolute atomic E-state index is 11.6. The molecule has 0 saturated carbocycles. The lowest BCUT2D eigenvalue weighted by Gasteiger charge is -2.06. The van der Waals surface area contributed by atoms with Gasteiger partial charge in [0.2, 0.25) is 11.0 Å². The lowest BCUT2D eigenvalue weighted by atomic mass is 10.3. The summed E-state index contributed by atoms with van der Waals surface area (Å²) in [6.45, 7) is 3.87. The fourth-order valence-electron chi connectivity index (χ4n) is 1.61. The first-order valence-electron chi connectivity index (χ1n) is 6.73. The summed E-state index contributed by atoms with van der Waals surface area (Å²) in [6, 6.07) is 7.70. The molecule has 2 rings (SSSR count). The Hall–Kier alpha value is -1.80. The molecule has 0 aliphatic heterocycles. The molecule has 0 bridgehead atoms. The number of benzene rings is 1. The number of nitrogens with one attached hydrogen (secondary N) is 2. The molecular weight excluding hydrogens is 320 g/mol. The molecule has 8 heteroatoms. The van der Waals surface area contributed by atoms with Gasteiger partial charge in [0.05, 0.1) is 12.9 Å². The second-order valence-electron chi connectivity index (χ2n) is 4.74. The molecule has 1 amide bonds. The maximum Gasteiger partial charge on any atom is 0.230 e. The van der Waals surface area contributed by atoms with Gasteiger partial charge in [-0.3, -0.25) is 4.79 Å². The predicted octanol–water partition coefficient (Wildman–Crippen LogP) is 2.91. The largest absolute Gasteiger partial charge is 0.497 e. The van der Waals surface area contributed by atoms with Crippen molar-refractivity contribution in [3.8, 4) is 5.75 Å². The summed E-state index contributed by atoms with van der Waals surface area (Å²) in [5, 5.41) is 14.8. The zero-order valence-electron chi connectivity index (χ0n) is 12.6. The van der Waals surface area contributed by atoms with Crippen LogP contribution in [0, 0.1) is 0 Å². The molecule has 0 aliphatic carbocycles. The first kappa shape index (κ1) is 16.6. The fourth-order valence-corrected chi connectivity index (χ4v) is 3.19. The van der Waals surface area contributed by atoms with Crippen LogP contribution < -0.4 is 15.4 Å². The van der Waals surface area contributed by atoms with E-state index in [4.69, 9.17) is 4.74 Å². The molecule has 1 aromatic carbocycles. The second kappa shape index (κ2) is 8.00. The van der Waals surface area contributed by atoms with Crippen molar-refractivity contribution >= 4 is 39.8 Å². The average Bonchev–Trinajstić information content (AvgIpc) is 2.93. The summed E-state index contributed by atoms with van der Waals surface area (Å²) in [7, 11) is 1.63. The lowest BCUT2D eigenvalue weighted by Crippen LogP contribution is -2.31. The summed E-state index contributed by atoms with van der Waals surface area (Å²) >= 11 is 2.80. The number of carbonyl (C=O) groups excluding carboxylic acids is 1. The molecule has 0 radical (unpaired) electrons. The van der Waals surface area contributed by atoms with Gasteiger partial charge in [-0.25, -0.2) is 0 Å². The molecule has 0 atom stereocenters. The van der Waals surface area contributed by atoms with Crippen LogP contribution in [-0.2, 0) is 4.79 Å². The smallest absolute Gasteiger partial charge is 0.230 e. The molecule has 118 valence electrons. The molecule has 22 heavy (non-hydrogen) atoms. The van der Waals surface area contributed by atoms with Crippen molar-refractivity contribution in [1.82, 2.24) is 15.5 Å². The minimum Gasteiger partial charge on any atom is -0.497 e. The van der Waals surface area contributed by atoms with Crippen LogP contribution in [-0.4, -0.2) is 35.0 Å². The van der Waals surface area contributed by atoms with Gasteiger partial charge in [0.25, 0.3) is 0 Å². The van der Waals surface area contributed by atoms with E-state index in [1.807, 2.05) is 38.1 Å². The van der Waals surface area contributed by atoms with E-state index in [1.54, 1.807) is 7.11 Å². The molecule has 1 aromatic heterocycles. The maximum atomic E-state index is 11.6. The Morgan fingerprint density at radius 2 is 2.05 bits per heavy atom. The number of anilines is 2. The van der Waals surface area contributed by atoms with Gasteiger partial charge in [-0.2, -0.15) is 0 Å². The Morgan fingerprint density at radius 1 is 1.32 bits per heavy atom. The molecule has 0 spiro atoms. The van der Waals surface area contributed by atoms with E-state index in [0.29, 0.717) is 10.9 Å². The molecule has 6 nitrogen and oxygen atoms in total. The SMILES string of the molecule is COc1ccc(Nc2nnc(SCC(=O)NC(C)C)s2)cc1. The topological polar surface area (TPSA) is 76.1 Å². The molecule has 2 N–H and O–H groups in total. The van der Waals surface area contributed by atoms with E-state index < -0.39 is 0 Å². The van der Waals surface area contributed by atoms with Crippen molar-refractivity contribution < 1.29 is 9.53 Å². The van der Waals surface area contributed by atoms with Crippen molar-refractivity contribution in [3.05, 3.63) is 24.3 Å². The Balaban J connectivity index is 1.86. The van der Waals surface area contributed by atoms with Gasteiger partial charge < -0.3 is 15.4 Å². The lowest BCUT2D eigenvalue weighted by molar-refractivity contribution is -0.119. The monoisotopic (exact) mass is 338 g/mol. The van der Waals surface area contributed by atoms with Crippen molar-refractivity contribution in [1.29, 1.82) is 0 Å². The zero-order valence-corrected chi connectivity index (χ0v) is 14.3. The third-order valence-corrected chi connectivity index (χ3v) is 4.50. The van der Waals surface area contributed by atoms with Crippen LogP contribution in [0.25, 0.3) is 0 Å². The summed E-state index contributed by atoms with van der Waals surface area (Å²) < 4.78 is 5.87. The third-order valence-electron chi connectivity index (χ3n) is 2.52. The number of hydrogen-bond donors (Lipinski definition) is 2. The van der Waals surface area contributed by atoms with Gasteiger partial charge in [0.1, 0.15) is 5.75 Å². The van der Waals surface area contributed by atoms with Crippen LogP contribution in [0.1, 0.15) is 13.8 Å². The summed E-state index contributed by atoms with van der Waals surface area (Å²) in [4.78, 5) is 11.6. The number of methoxy groups -OCH3 is 1. The van der Waals surface area contributed by atoms with Crippen LogP contribution in [0.4, 0.5) is 10.8 Å². The number of thioether (sulfide) groups is 1. The fraction of sp³-hybridized carbons (Fsp3) is 0.357. The van der Waals surface area contributed by atoms with Gasteiger partial charge >= 0.3 is 0 Å². The molecule has 1 heterocycles. The van der Waals surface area contributed by atoms with Crippen LogP contribution in [0.15, 0.2) is 28.6 Å². The van der Waals surface area contributed by atoms with E-state index in [1.165, 1.54) is 23.1 Å². The van der Waals surface area contributed by atoms with Gasteiger partial charge in [-0.1, -0.05) is 23.1 Å². The molecule has 0 fully saturated rings. The van der Waals surface area contributed by atoms with Crippen molar-refractivity contribution in [3.63, 3.8) is 0 Å². The number of carbonyl (C=O) groups is 1. The van der Waals surface area contributed by atoms with E-state index in [9.17, 15) is 4.79 Å². The number of rotatable bonds is 7. The Morgan fingerprint density at radius 3 is 2.68 bits per heavy atom. The average molecular weight is 338 g/mol. The quantitative estimate of drug-likeness (QED) is 0.756. The van der Waals surface area contributed by atoms with Gasteiger partial charge in [0.15, 0.2) is 4.34 Å². The van der Waals surface area contributed by atoms with E-state index in [2.05, 4.69) is 20.8 Å². The Kier molecular flexibility index (Phi) is 6.02. The number of ether oxygens (including phenoxy) is 1. The minimum atomic E-state index is -0.000126. The number of hydrogen-bond acceptors (Lipinski definition) is 7. The van der Waals surface area contributed by atoms with Gasteiger partial charge in [-0.05, 0) is 38.1 Å². The van der Waals surface area contributed by atoms with E-state index in [-0.39, 0.29) is 11.9 Å². The summed E-state index contributed by atoms with van der Waals surface area (Å²) in [6.07, 6.45) is 0. The number of aromatic nitrogens is 2. The highest BCUT2D eigenvalue weighted by Gasteiger charge is 2.09. The Labute approximate surface area is 137 Å². The standard InChI is InChI=1S/C14H18N4O2S2/c1-9(2)15-12(19)8-21-14-18-17-13(22-14)16-10-4-6-11(20-3)7-5-10/h4-7,9H,8H2,1-3H3,(H,15,19)(H,16,17). The summed E-state index contributed by atoms with van der Waals surface area (Å²) in [5.74, 6) is 1.14. The molecular formula is C14H18N4O2S2. The van der Waals surface area contributed by atoms with E-state index in [0.717, 1.165) is 15.8 Å². The van der Waals surface area contributed by atoms with Crippen LogP contribution in [0.3, 0.4) is 0 Å². The summed E-state index contributed by atoms with van der Waals surface area (Å²) in [5.41, 5.74) is 0.908. The minimum absolute atomic E-state index is 0.000126. The van der Waals surface area contributed by atoms with Crippen LogP contribution in [0.2, 0.25) is 0 Å². The van der Waals surface area contributed by atoms with Gasteiger partial charge in [-0.15, -0.1) is 10.2 Å². The highest BCUT2D eigenvalue weighted by atomic mass is 32.2. The number of nitrogens with zero attached hydrogens (tertiary/aromatic N) is 2. The Bertz CT molecular complexity index is 614. The van der Waals surface area contributed by atoms with Crippen molar-refractivity contribution in [2.45, 2.75) is 24.2 Å². The van der Waals surface area contributed by atoms with E-state index >= 15 is 0 Å². The third kappa shape index (κ3) is 5.19. The molecule has 0 unspecified atom stereocenters. The first-order valence-corrected chi connectivity index (χ1v) is 8.54. The van der Waals surface area contributed by atoms with Gasteiger partial charge in [0, 0.05) is 11.7 Å². The highest BCUT2D eigenvalue weighted by molar-refractivity contribution is 8.01. The zero-order chi connectivity index (χ0) is 15.9. The van der Waals surface area contributed by atoms with Crippen molar-refractivity contribution in [2.24, 2.45) is 0 Å². The van der Waals surface area contributed by atoms with Crippen LogP contribution >= 0.6 is 23.1 Å². The molecule has 0 aliphatic rings. The highest BCUT2D eigenvalue weighted by Crippen LogP contribution is 2.28. The number of amides is 1. The predicted molar refractivity (Wildman–Crippen MR) is 90.2 cm³/mol. The first-order chi connectivity index (χ1) is 10.6. The molecule has 2 aromatic rings. The molecule has 0 saturated heterocycles. The normalized spacial score (nSPS) is 10.5.